The molecule has 2 heterocycles. The summed E-state index contributed by atoms with van der Waals surface area (Å²) in [5.41, 5.74) is 2.15. The maximum absolute atomic E-state index is 10.7. The summed E-state index contributed by atoms with van der Waals surface area (Å²) in [5, 5.41) is 19.7. The Morgan fingerprint density at radius 2 is 1.87 bits per heavy atom. The van der Waals surface area contributed by atoms with E-state index in [2.05, 4.69) is 10.3 Å². The third kappa shape index (κ3) is 2.24. The number of para-hydroxylation sites is 1. The monoisotopic (exact) mass is 306 g/mol. The smallest absolute Gasteiger partial charge is 0.269 e. The van der Waals surface area contributed by atoms with Crippen molar-refractivity contribution in [3.05, 3.63) is 70.9 Å². The molecule has 0 radical (unpaired) electrons. The molecule has 4 rings (SSSR count). The zero-order chi connectivity index (χ0) is 15.8. The van der Waals surface area contributed by atoms with Gasteiger partial charge in [0.25, 0.3) is 5.69 Å². The second-order valence-electron chi connectivity index (χ2n) is 4.95. The topological polar surface area (TPSA) is 87.0 Å². The summed E-state index contributed by atoms with van der Waals surface area (Å²) in [7, 11) is 0. The molecule has 23 heavy (non-hydrogen) atoms. The quantitative estimate of drug-likeness (QED) is 0.426. The molecule has 0 bridgehead atoms. The number of non-ortho nitro benzene ring substituents is 1. The van der Waals surface area contributed by atoms with E-state index in [-0.39, 0.29) is 5.69 Å². The van der Waals surface area contributed by atoms with E-state index in [9.17, 15) is 10.1 Å². The largest absolute Gasteiger partial charge is 0.454 e. The Kier molecular flexibility index (Phi) is 2.90. The summed E-state index contributed by atoms with van der Waals surface area (Å²) in [6.07, 6.45) is 1.60. The molecule has 7 nitrogen and oxygen atoms in total. The third-order valence-electron chi connectivity index (χ3n) is 3.53. The van der Waals surface area contributed by atoms with Crippen LogP contribution < -0.4 is 0 Å². The highest BCUT2D eigenvalue weighted by Crippen LogP contribution is 2.28. The molecule has 2 aromatic carbocycles. The van der Waals surface area contributed by atoms with E-state index in [0.717, 1.165) is 11.0 Å². The molecular formula is C16H10N4O3. The lowest BCUT2D eigenvalue weighted by molar-refractivity contribution is -0.384. The highest BCUT2D eigenvalue weighted by atomic mass is 16.6. The van der Waals surface area contributed by atoms with E-state index in [1.165, 1.54) is 12.1 Å². The van der Waals surface area contributed by atoms with Gasteiger partial charge in [0.15, 0.2) is 5.76 Å². The van der Waals surface area contributed by atoms with Crippen molar-refractivity contribution < 1.29 is 9.34 Å². The van der Waals surface area contributed by atoms with Crippen LogP contribution >= 0.6 is 0 Å². The van der Waals surface area contributed by atoms with Crippen molar-refractivity contribution >= 4 is 16.7 Å². The second kappa shape index (κ2) is 5.06. The molecule has 0 aliphatic carbocycles. The molecule has 0 aliphatic heterocycles. The van der Waals surface area contributed by atoms with Gasteiger partial charge in [-0.05, 0) is 24.3 Å². The third-order valence-corrected chi connectivity index (χ3v) is 3.53. The maximum atomic E-state index is 10.7. The Morgan fingerprint density at radius 1 is 1.09 bits per heavy atom. The molecule has 0 aliphatic rings. The minimum Gasteiger partial charge on any atom is -0.454 e. The SMILES string of the molecule is O=[N+]([O-])c1ccc(-n2nncc2-c2cc3ccccc3o2)cc1. The number of rotatable bonds is 3. The number of nitro groups is 1. The lowest BCUT2D eigenvalue weighted by Crippen LogP contribution is -1.99. The highest BCUT2D eigenvalue weighted by molar-refractivity contribution is 5.82. The van der Waals surface area contributed by atoms with E-state index in [0.29, 0.717) is 17.1 Å². The van der Waals surface area contributed by atoms with Crippen molar-refractivity contribution in [1.82, 2.24) is 15.0 Å². The van der Waals surface area contributed by atoms with E-state index in [1.54, 1.807) is 23.0 Å². The molecule has 4 aromatic rings. The first kappa shape index (κ1) is 13.2. The fraction of sp³-hybridized carbons (Fsp3) is 0. The normalized spacial score (nSPS) is 11.0. The minimum absolute atomic E-state index is 0.0270. The number of nitrogens with zero attached hydrogens (tertiary/aromatic N) is 4. The number of benzene rings is 2. The van der Waals surface area contributed by atoms with Crippen molar-refractivity contribution in [1.29, 1.82) is 0 Å². The second-order valence-corrected chi connectivity index (χ2v) is 4.95. The summed E-state index contributed by atoms with van der Waals surface area (Å²) in [6.45, 7) is 0. The van der Waals surface area contributed by atoms with Gasteiger partial charge in [-0.2, -0.15) is 0 Å². The zero-order valence-electron chi connectivity index (χ0n) is 11.8. The first-order chi connectivity index (χ1) is 11.2. The molecule has 0 unspecified atom stereocenters. The van der Waals surface area contributed by atoms with Gasteiger partial charge in [-0.15, -0.1) is 5.10 Å². The average Bonchev–Trinajstić information content (AvgIpc) is 3.21. The van der Waals surface area contributed by atoms with Gasteiger partial charge in [-0.25, -0.2) is 4.68 Å². The summed E-state index contributed by atoms with van der Waals surface area (Å²) in [5.74, 6) is 0.634. The van der Waals surface area contributed by atoms with Crippen molar-refractivity contribution in [3.8, 4) is 17.1 Å². The van der Waals surface area contributed by atoms with Gasteiger partial charge < -0.3 is 4.42 Å². The van der Waals surface area contributed by atoms with Crippen LogP contribution in [0.5, 0.6) is 0 Å². The summed E-state index contributed by atoms with van der Waals surface area (Å²) >= 11 is 0. The van der Waals surface area contributed by atoms with Gasteiger partial charge in [0.1, 0.15) is 11.3 Å². The van der Waals surface area contributed by atoms with Crippen molar-refractivity contribution in [3.63, 3.8) is 0 Å². The van der Waals surface area contributed by atoms with Gasteiger partial charge in [-0.3, -0.25) is 10.1 Å². The Labute approximate surface area is 129 Å². The predicted molar refractivity (Wildman–Crippen MR) is 83.2 cm³/mol. The number of fused-ring (bicyclic) bond motifs is 1. The molecule has 0 spiro atoms. The van der Waals surface area contributed by atoms with Crippen molar-refractivity contribution in [2.75, 3.05) is 0 Å². The summed E-state index contributed by atoms with van der Waals surface area (Å²) in [6, 6.07) is 15.7. The average molecular weight is 306 g/mol. The molecule has 0 amide bonds. The fourth-order valence-corrected chi connectivity index (χ4v) is 2.42. The molecule has 0 fully saturated rings. The van der Waals surface area contributed by atoms with Crippen LogP contribution in [0.4, 0.5) is 5.69 Å². The molecule has 7 heteroatoms. The minimum atomic E-state index is -0.439. The Hall–Kier alpha value is -3.48. The first-order valence-corrected chi connectivity index (χ1v) is 6.87. The van der Waals surface area contributed by atoms with Crippen LogP contribution in [-0.4, -0.2) is 19.9 Å². The summed E-state index contributed by atoms with van der Waals surface area (Å²) < 4.78 is 7.41. The van der Waals surface area contributed by atoms with Crippen LogP contribution in [0.2, 0.25) is 0 Å². The van der Waals surface area contributed by atoms with Gasteiger partial charge in [0, 0.05) is 17.5 Å². The van der Waals surface area contributed by atoms with Crippen LogP contribution in [0.15, 0.2) is 65.2 Å². The zero-order valence-corrected chi connectivity index (χ0v) is 11.8. The van der Waals surface area contributed by atoms with Crippen LogP contribution in [0.25, 0.3) is 28.1 Å². The molecule has 0 atom stereocenters. The van der Waals surface area contributed by atoms with Crippen LogP contribution in [0.3, 0.4) is 0 Å². The number of aromatic nitrogens is 3. The van der Waals surface area contributed by atoms with Crippen molar-refractivity contribution in [2.24, 2.45) is 0 Å². The van der Waals surface area contributed by atoms with E-state index >= 15 is 0 Å². The lowest BCUT2D eigenvalue weighted by Gasteiger charge is -2.03. The molecule has 0 saturated carbocycles. The molecular weight excluding hydrogens is 296 g/mol. The van der Waals surface area contributed by atoms with Gasteiger partial charge in [0.05, 0.1) is 16.8 Å². The Bertz CT molecular complexity index is 969. The number of nitro benzene ring substituents is 1. The van der Waals surface area contributed by atoms with Gasteiger partial charge in [-0.1, -0.05) is 23.4 Å². The van der Waals surface area contributed by atoms with E-state index in [1.807, 2.05) is 30.3 Å². The molecule has 112 valence electrons. The highest BCUT2D eigenvalue weighted by Gasteiger charge is 2.14. The van der Waals surface area contributed by atoms with Crippen molar-refractivity contribution in [2.45, 2.75) is 0 Å². The Morgan fingerprint density at radius 3 is 2.61 bits per heavy atom. The number of furan rings is 1. The predicted octanol–water partition coefficient (Wildman–Crippen LogP) is 3.59. The number of hydrogen-bond donors (Lipinski definition) is 0. The van der Waals surface area contributed by atoms with Crippen LogP contribution in [0.1, 0.15) is 0 Å². The van der Waals surface area contributed by atoms with Crippen LogP contribution in [0, 0.1) is 10.1 Å². The van der Waals surface area contributed by atoms with E-state index in [4.69, 9.17) is 4.42 Å². The molecule has 0 N–H and O–H groups in total. The summed E-state index contributed by atoms with van der Waals surface area (Å²) in [4.78, 5) is 10.3. The fourth-order valence-electron chi connectivity index (χ4n) is 2.42. The maximum Gasteiger partial charge on any atom is 0.269 e. The molecule has 0 saturated heterocycles. The standard InChI is InChI=1S/C16H10N4O3/c21-20(22)13-7-5-12(6-8-13)19-14(10-17-18-19)16-9-11-3-1-2-4-15(11)23-16/h1-10H. The molecule has 2 aromatic heterocycles. The first-order valence-electron chi connectivity index (χ1n) is 6.87. The lowest BCUT2D eigenvalue weighted by atomic mass is 10.2. The number of hydrogen-bond acceptors (Lipinski definition) is 5. The van der Waals surface area contributed by atoms with Crippen LogP contribution in [-0.2, 0) is 0 Å². The van der Waals surface area contributed by atoms with Gasteiger partial charge in [0.2, 0.25) is 0 Å². The van der Waals surface area contributed by atoms with Gasteiger partial charge >= 0.3 is 0 Å². The Balaban J connectivity index is 1.80. The van der Waals surface area contributed by atoms with E-state index < -0.39 is 4.92 Å².